The van der Waals surface area contributed by atoms with Gasteiger partial charge in [-0.15, -0.1) is 0 Å². The summed E-state index contributed by atoms with van der Waals surface area (Å²) in [6.45, 7) is 19.9. The molecule has 1 aliphatic heterocycles. The van der Waals surface area contributed by atoms with Crippen LogP contribution in [0.5, 0.6) is 0 Å². The van der Waals surface area contributed by atoms with E-state index in [1.165, 1.54) is 40.7 Å². The molecule has 2 saturated carbocycles. The summed E-state index contributed by atoms with van der Waals surface area (Å²) in [6.07, 6.45) is 52.2. The third-order valence-corrected chi connectivity index (χ3v) is 13.5. The maximum absolute atomic E-state index is 7.63. The Labute approximate surface area is 399 Å². The van der Waals surface area contributed by atoms with Crippen molar-refractivity contribution in [2.24, 2.45) is 45.8 Å². The topological polar surface area (TPSA) is 65.5 Å². The van der Waals surface area contributed by atoms with Gasteiger partial charge in [-0.3, -0.25) is 10.8 Å². The van der Waals surface area contributed by atoms with Gasteiger partial charge in [-0.25, -0.2) is 5.01 Å². The average molecular weight is 879 g/mol. The molecule has 1 heterocycles. The largest absolute Gasteiger partial charge is 0.300 e. The number of nitrogens with two attached hydrogens (primary N) is 1. The Bertz CT molecular complexity index is 2310. The van der Waals surface area contributed by atoms with Crippen molar-refractivity contribution in [3.8, 4) is 0 Å². The van der Waals surface area contributed by atoms with Crippen molar-refractivity contribution >= 4 is 17.5 Å². The maximum atomic E-state index is 7.63. The van der Waals surface area contributed by atoms with Gasteiger partial charge in [0.2, 0.25) is 0 Å². The van der Waals surface area contributed by atoms with Crippen molar-refractivity contribution in [2.45, 2.75) is 92.5 Å². The second-order valence-electron chi connectivity index (χ2n) is 17.6. The normalized spacial score (nSPS) is 27.3. The van der Waals surface area contributed by atoms with Crippen LogP contribution in [0.1, 0.15) is 98.1 Å². The molecule has 7 atom stereocenters. The minimum atomic E-state index is -0.386. The van der Waals surface area contributed by atoms with Gasteiger partial charge in [-0.1, -0.05) is 218 Å². The number of hydrazine groups is 1. The van der Waals surface area contributed by atoms with Gasteiger partial charge in [0.1, 0.15) is 0 Å². The first-order valence-corrected chi connectivity index (χ1v) is 24.9. The number of dihydropyridines is 1. The van der Waals surface area contributed by atoms with Crippen LogP contribution in [-0.4, -0.2) is 30.0 Å². The zero-order valence-electron chi connectivity index (χ0n) is 41.1. The summed E-state index contributed by atoms with van der Waals surface area (Å²) >= 11 is 0. The summed E-state index contributed by atoms with van der Waals surface area (Å²) in [4.78, 5) is 4.30. The predicted molar refractivity (Wildman–Crippen MR) is 288 cm³/mol. The minimum absolute atomic E-state index is 0.195. The maximum Gasteiger partial charge on any atom is 0.0792 e. The van der Waals surface area contributed by atoms with Gasteiger partial charge >= 0.3 is 0 Å². The van der Waals surface area contributed by atoms with Crippen LogP contribution in [0.3, 0.4) is 0 Å². The van der Waals surface area contributed by atoms with Gasteiger partial charge in [0.15, 0.2) is 0 Å². The van der Waals surface area contributed by atoms with E-state index < -0.39 is 0 Å². The monoisotopic (exact) mass is 879 g/mol. The lowest BCUT2D eigenvalue weighted by Crippen LogP contribution is -2.50. The van der Waals surface area contributed by atoms with Crippen LogP contribution >= 0.6 is 0 Å². The molecule has 2 aromatic rings. The van der Waals surface area contributed by atoms with Crippen molar-refractivity contribution in [1.29, 1.82) is 5.41 Å². The lowest BCUT2D eigenvalue weighted by molar-refractivity contribution is 0.124. The van der Waals surface area contributed by atoms with Crippen LogP contribution in [-0.2, 0) is 5.54 Å². The summed E-state index contributed by atoms with van der Waals surface area (Å²) in [7, 11) is 0. The van der Waals surface area contributed by atoms with E-state index in [1.54, 1.807) is 23.8 Å². The molecular formula is C62H78N4. The van der Waals surface area contributed by atoms with E-state index in [4.69, 9.17) is 11.3 Å². The van der Waals surface area contributed by atoms with Crippen molar-refractivity contribution < 1.29 is 0 Å². The first-order chi connectivity index (χ1) is 32.3. The SMILES string of the molecule is C/C=C(\C=C/CN(N)C1(c2ccccc2)C=CC(c2ccccc2)=CC(CC)C1)C12C=CC=CC1C2.C=C/C=C\C(=N)C1=CCCC=C1.CC.CC.CC1CN=CC=C1C1=CC=CC2CC12. The summed E-state index contributed by atoms with van der Waals surface area (Å²) < 4.78 is 0. The highest BCUT2D eigenvalue weighted by molar-refractivity contribution is 6.08. The second kappa shape index (κ2) is 25.9. The van der Waals surface area contributed by atoms with Crippen molar-refractivity contribution in [3.63, 3.8) is 0 Å². The summed E-state index contributed by atoms with van der Waals surface area (Å²) in [5.41, 5.74) is 9.65. The number of nitrogens with zero attached hydrogens (tertiary/aromatic N) is 2. The Balaban J connectivity index is 0.000000221. The lowest BCUT2D eigenvalue weighted by Gasteiger charge is -2.40. The molecule has 0 amide bonds. The third-order valence-electron chi connectivity index (χ3n) is 13.5. The van der Waals surface area contributed by atoms with E-state index >= 15 is 0 Å². The molecular weight excluding hydrogens is 801 g/mol. The van der Waals surface area contributed by atoms with Gasteiger partial charge in [0, 0.05) is 30.6 Å². The van der Waals surface area contributed by atoms with Crippen molar-refractivity contribution in [1.82, 2.24) is 5.01 Å². The van der Waals surface area contributed by atoms with Crippen LogP contribution in [0.25, 0.3) is 5.57 Å². The standard InChI is InChI=1S/C34H38N2.C13H15N.C11H13N.2C2H6/c1-3-27-24-29(28-14-7-5-8-15-28)20-22-34(25-27,31-16-9-6-10-17-31)36(35)23-13-19-30(4-2)33-21-12-11-18-32(33)26-33;1-9-8-14-6-5-11(9)12-4-2-3-10-7-13(10)12;1-2-3-9-11(12)10-7-5-4-6-8-10;2*1-2/h4-22,24,27,32H,3,23,25-26,35H2,1-2H3;2-6,9-10,13H,7-8H2,1H3;2-3,5,7-9,12H,1,4,6H2;2*1-2H3/b19-13-,30-4+;;9-3-,12-11?;;. The number of hydrogen-bond acceptors (Lipinski definition) is 4. The number of rotatable bonds is 12. The molecule has 66 heavy (non-hydrogen) atoms. The molecule has 2 fully saturated rings. The van der Waals surface area contributed by atoms with E-state index in [0.29, 0.717) is 30.0 Å². The fourth-order valence-electron chi connectivity index (χ4n) is 9.62. The van der Waals surface area contributed by atoms with E-state index in [1.807, 2.05) is 45.0 Å². The molecule has 0 bridgehead atoms. The summed E-state index contributed by atoms with van der Waals surface area (Å²) in [5, 5.41) is 9.68. The first kappa shape index (κ1) is 51.3. The molecule has 0 aromatic heterocycles. The van der Waals surface area contributed by atoms with Gasteiger partial charge in [0.05, 0.1) is 11.3 Å². The third kappa shape index (κ3) is 13.0. The molecule has 6 aliphatic carbocycles. The molecule has 9 rings (SSSR count). The molecule has 0 saturated heterocycles. The molecule has 2 aromatic carbocycles. The number of nitrogens with one attached hydrogen (secondary N) is 1. The highest BCUT2D eigenvalue weighted by Gasteiger charge is 2.53. The van der Waals surface area contributed by atoms with E-state index in [2.05, 4.69) is 190 Å². The molecule has 4 heteroatoms. The van der Waals surface area contributed by atoms with E-state index in [-0.39, 0.29) is 11.0 Å². The molecule has 4 nitrogen and oxygen atoms in total. The molecule has 3 N–H and O–H groups in total. The van der Waals surface area contributed by atoms with Crippen molar-refractivity contribution in [3.05, 3.63) is 222 Å². The van der Waals surface area contributed by atoms with Crippen LogP contribution in [0.15, 0.2) is 216 Å². The van der Waals surface area contributed by atoms with Crippen LogP contribution in [0.2, 0.25) is 0 Å². The number of aliphatic imine (C=N–C) groups is 1. The highest BCUT2D eigenvalue weighted by atomic mass is 15.4. The zero-order valence-corrected chi connectivity index (χ0v) is 41.1. The first-order valence-electron chi connectivity index (χ1n) is 24.9. The van der Waals surface area contributed by atoms with Gasteiger partial charge in [-0.05, 0) is 120 Å². The Morgan fingerprint density at radius 3 is 2.32 bits per heavy atom. The van der Waals surface area contributed by atoms with Crippen molar-refractivity contribution in [2.75, 3.05) is 13.1 Å². The lowest BCUT2D eigenvalue weighted by atomic mass is 9.80. The average Bonchev–Trinajstić information content (AvgIpc) is 4.32. The quantitative estimate of drug-likeness (QED) is 0.0965. The summed E-state index contributed by atoms with van der Waals surface area (Å²) in [6, 6.07) is 21.5. The Morgan fingerprint density at radius 2 is 1.65 bits per heavy atom. The molecule has 7 unspecified atom stereocenters. The number of allylic oxidation sites excluding steroid dienone is 22. The van der Waals surface area contributed by atoms with E-state index in [9.17, 15) is 0 Å². The molecule has 0 spiro atoms. The Hall–Kier alpha value is -5.68. The number of fused-ring (bicyclic) bond motifs is 2. The van der Waals surface area contributed by atoms with Gasteiger partial charge in [0.25, 0.3) is 0 Å². The van der Waals surface area contributed by atoms with Crippen LogP contribution in [0.4, 0.5) is 0 Å². The minimum Gasteiger partial charge on any atom is -0.300 e. The van der Waals surface area contributed by atoms with E-state index in [0.717, 1.165) is 49.6 Å². The Morgan fingerprint density at radius 1 is 0.894 bits per heavy atom. The fourth-order valence-corrected chi connectivity index (χ4v) is 9.62. The molecule has 0 radical (unpaired) electrons. The Kier molecular flexibility index (Phi) is 20.1. The van der Waals surface area contributed by atoms with Gasteiger partial charge < -0.3 is 5.41 Å². The number of benzene rings is 2. The zero-order chi connectivity index (χ0) is 47.4. The van der Waals surface area contributed by atoms with Crippen LogP contribution in [0, 0.1) is 40.4 Å². The van der Waals surface area contributed by atoms with Crippen LogP contribution < -0.4 is 5.84 Å². The predicted octanol–water partition coefficient (Wildman–Crippen LogP) is 15.6. The molecule has 346 valence electrons. The number of hydrogen-bond donors (Lipinski definition) is 2. The van der Waals surface area contributed by atoms with Gasteiger partial charge in [-0.2, -0.15) is 0 Å². The molecule has 7 aliphatic rings. The second-order valence-corrected chi connectivity index (χ2v) is 17.6. The smallest absolute Gasteiger partial charge is 0.0792 e. The summed E-state index contributed by atoms with van der Waals surface area (Å²) in [5.74, 6) is 10.3. The highest BCUT2D eigenvalue weighted by Crippen LogP contribution is 2.61. The fraction of sp³-hybridized carbons (Fsp3) is 0.355.